The summed E-state index contributed by atoms with van der Waals surface area (Å²) in [6.07, 6.45) is -1.49. The first-order chi connectivity index (χ1) is 10.2. The Labute approximate surface area is 130 Å². The van der Waals surface area contributed by atoms with Crippen LogP contribution in [0.1, 0.15) is 33.3 Å². The number of ether oxygens (including phenoxy) is 2. The second-order valence-electron chi connectivity index (χ2n) is 5.96. The summed E-state index contributed by atoms with van der Waals surface area (Å²) in [6, 6.07) is 8.21. The van der Waals surface area contributed by atoms with Crippen LogP contribution in [0.4, 0.5) is 4.79 Å². The third-order valence-corrected chi connectivity index (χ3v) is 2.76. The number of carboxylic acid groups (broad SMARTS) is 1. The van der Waals surface area contributed by atoms with E-state index in [0.717, 1.165) is 5.56 Å². The van der Waals surface area contributed by atoms with Gasteiger partial charge >= 0.3 is 12.1 Å². The summed E-state index contributed by atoms with van der Waals surface area (Å²) < 4.78 is 10.6. The van der Waals surface area contributed by atoms with Crippen LogP contribution < -0.4 is 5.32 Å². The normalized spacial score (nSPS) is 14.0. The predicted octanol–water partition coefficient (Wildman–Crippen LogP) is 2.57. The minimum atomic E-state index is -1.18. The molecular weight excluding hydrogens is 286 g/mol. The van der Waals surface area contributed by atoms with Crippen molar-refractivity contribution in [3.05, 3.63) is 35.9 Å². The molecule has 0 saturated heterocycles. The molecule has 0 aliphatic rings. The van der Waals surface area contributed by atoms with Gasteiger partial charge in [-0.15, -0.1) is 0 Å². The third kappa shape index (κ3) is 6.58. The van der Waals surface area contributed by atoms with E-state index in [4.69, 9.17) is 9.47 Å². The summed E-state index contributed by atoms with van der Waals surface area (Å²) in [5.41, 5.74) is 0.233. The van der Waals surface area contributed by atoms with E-state index in [1.54, 1.807) is 27.7 Å². The van der Waals surface area contributed by atoms with Crippen molar-refractivity contribution in [3.8, 4) is 0 Å². The van der Waals surface area contributed by atoms with Crippen LogP contribution in [0.5, 0.6) is 0 Å². The Morgan fingerprint density at radius 1 is 1.23 bits per heavy atom. The maximum Gasteiger partial charge on any atom is 0.408 e. The van der Waals surface area contributed by atoms with Gasteiger partial charge < -0.3 is 19.9 Å². The Kier molecular flexibility index (Phi) is 6.37. The van der Waals surface area contributed by atoms with Crippen LogP contribution in [0.15, 0.2) is 30.3 Å². The van der Waals surface area contributed by atoms with Crippen molar-refractivity contribution in [1.82, 2.24) is 5.32 Å². The predicted molar refractivity (Wildman–Crippen MR) is 81.5 cm³/mol. The van der Waals surface area contributed by atoms with Gasteiger partial charge in [-0.05, 0) is 33.3 Å². The Morgan fingerprint density at radius 3 is 2.32 bits per heavy atom. The van der Waals surface area contributed by atoms with Gasteiger partial charge in [-0.25, -0.2) is 9.59 Å². The van der Waals surface area contributed by atoms with E-state index in [2.05, 4.69) is 5.32 Å². The van der Waals surface area contributed by atoms with Gasteiger partial charge in [-0.1, -0.05) is 30.3 Å². The molecule has 122 valence electrons. The maximum atomic E-state index is 11.7. The number of hydrogen-bond donors (Lipinski definition) is 2. The molecular formula is C16H23NO5. The molecule has 0 heterocycles. The molecule has 6 heteroatoms. The highest BCUT2D eigenvalue weighted by atomic mass is 16.6. The summed E-state index contributed by atoms with van der Waals surface area (Å²) in [5.74, 6) is -1.17. The second-order valence-corrected chi connectivity index (χ2v) is 5.96. The highest BCUT2D eigenvalue weighted by Gasteiger charge is 2.29. The largest absolute Gasteiger partial charge is 0.480 e. The number of rotatable bonds is 6. The van der Waals surface area contributed by atoms with Gasteiger partial charge in [0.05, 0.1) is 12.7 Å². The van der Waals surface area contributed by atoms with Crippen LogP contribution in [0.3, 0.4) is 0 Å². The van der Waals surface area contributed by atoms with Crippen LogP contribution in [-0.4, -0.2) is 34.9 Å². The Bertz CT molecular complexity index is 495. The minimum Gasteiger partial charge on any atom is -0.480 e. The highest BCUT2D eigenvalue weighted by Crippen LogP contribution is 2.09. The molecule has 2 atom stereocenters. The third-order valence-electron chi connectivity index (χ3n) is 2.76. The van der Waals surface area contributed by atoms with E-state index in [0.29, 0.717) is 0 Å². The van der Waals surface area contributed by atoms with Crippen molar-refractivity contribution < 1.29 is 24.2 Å². The summed E-state index contributed by atoms with van der Waals surface area (Å²) >= 11 is 0. The van der Waals surface area contributed by atoms with Crippen molar-refractivity contribution in [2.75, 3.05) is 0 Å². The second kappa shape index (κ2) is 7.79. The van der Waals surface area contributed by atoms with Gasteiger partial charge in [0.2, 0.25) is 0 Å². The van der Waals surface area contributed by atoms with E-state index < -0.39 is 29.8 Å². The molecule has 0 aliphatic heterocycles. The fourth-order valence-corrected chi connectivity index (χ4v) is 1.71. The van der Waals surface area contributed by atoms with Gasteiger partial charge in [0.15, 0.2) is 6.04 Å². The SMILES string of the molecule is C[C@@H](OCc1ccccc1)[C@@H](NC(=O)OC(C)(C)C)C(=O)O. The summed E-state index contributed by atoms with van der Waals surface area (Å²) in [5, 5.41) is 11.6. The van der Waals surface area contributed by atoms with Crippen LogP contribution in [0, 0.1) is 0 Å². The van der Waals surface area contributed by atoms with Gasteiger partial charge in [0, 0.05) is 0 Å². The molecule has 0 bridgehead atoms. The Hall–Kier alpha value is -2.08. The monoisotopic (exact) mass is 309 g/mol. The van der Waals surface area contributed by atoms with E-state index in [9.17, 15) is 14.7 Å². The molecule has 0 spiro atoms. The Morgan fingerprint density at radius 2 is 1.82 bits per heavy atom. The molecule has 0 fully saturated rings. The molecule has 0 radical (unpaired) electrons. The van der Waals surface area contributed by atoms with Gasteiger partial charge in [0.1, 0.15) is 5.60 Å². The van der Waals surface area contributed by atoms with Crippen molar-refractivity contribution in [3.63, 3.8) is 0 Å². The minimum absolute atomic E-state index is 0.266. The number of nitrogens with one attached hydrogen (secondary N) is 1. The lowest BCUT2D eigenvalue weighted by Gasteiger charge is -2.25. The summed E-state index contributed by atoms with van der Waals surface area (Å²) in [4.78, 5) is 23.0. The van der Waals surface area contributed by atoms with Gasteiger partial charge in [-0.2, -0.15) is 0 Å². The van der Waals surface area contributed by atoms with Gasteiger partial charge in [-0.3, -0.25) is 0 Å². The standard InChI is InChI=1S/C16H23NO5/c1-11(21-10-12-8-6-5-7-9-12)13(14(18)19)17-15(20)22-16(2,3)4/h5-9,11,13H,10H2,1-4H3,(H,17,20)(H,18,19)/t11-,13-/m1/s1. The topological polar surface area (TPSA) is 84.9 Å². The molecule has 6 nitrogen and oxygen atoms in total. The number of hydrogen-bond acceptors (Lipinski definition) is 4. The molecule has 0 aromatic heterocycles. The van der Waals surface area contributed by atoms with E-state index in [1.807, 2.05) is 30.3 Å². The first-order valence-corrected chi connectivity index (χ1v) is 7.07. The molecule has 0 unspecified atom stereocenters. The average Bonchev–Trinajstić information content (AvgIpc) is 2.41. The lowest BCUT2D eigenvalue weighted by Crippen LogP contribution is -2.50. The molecule has 1 rings (SSSR count). The lowest BCUT2D eigenvalue weighted by molar-refractivity contribution is -0.143. The first-order valence-electron chi connectivity index (χ1n) is 7.07. The number of amides is 1. The molecule has 2 N–H and O–H groups in total. The number of carbonyl (C=O) groups is 2. The van der Waals surface area contributed by atoms with Crippen molar-refractivity contribution in [2.45, 2.75) is 52.0 Å². The zero-order valence-electron chi connectivity index (χ0n) is 13.3. The van der Waals surface area contributed by atoms with E-state index in [1.165, 1.54) is 0 Å². The van der Waals surface area contributed by atoms with Crippen LogP contribution in [0.25, 0.3) is 0 Å². The lowest BCUT2D eigenvalue weighted by atomic mass is 10.1. The molecule has 1 aromatic rings. The molecule has 1 amide bonds. The number of alkyl carbamates (subject to hydrolysis) is 1. The smallest absolute Gasteiger partial charge is 0.408 e. The van der Waals surface area contributed by atoms with Crippen LogP contribution in [0.2, 0.25) is 0 Å². The Balaban J connectivity index is 2.58. The molecule has 22 heavy (non-hydrogen) atoms. The zero-order chi connectivity index (χ0) is 16.8. The van der Waals surface area contributed by atoms with Crippen LogP contribution in [-0.2, 0) is 20.9 Å². The van der Waals surface area contributed by atoms with Gasteiger partial charge in [0.25, 0.3) is 0 Å². The van der Waals surface area contributed by atoms with E-state index in [-0.39, 0.29) is 6.61 Å². The maximum absolute atomic E-state index is 11.7. The zero-order valence-corrected chi connectivity index (χ0v) is 13.3. The highest BCUT2D eigenvalue weighted by molar-refractivity contribution is 5.80. The summed E-state index contributed by atoms with van der Waals surface area (Å²) in [7, 11) is 0. The summed E-state index contributed by atoms with van der Waals surface area (Å²) in [6.45, 7) is 6.98. The molecule has 0 saturated carbocycles. The quantitative estimate of drug-likeness (QED) is 0.843. The first kappa shape index (κ1) is 18.0. The van der Waals surface area contributed by atoms with E-state index >= 15 is 0 Å². The molecule has 1 aromatic carbocycles. The van der Waals surface area contributed by atoms with Crippen molar-refractivity contribution in [1.29, 1.82) is 0 Å². The fourth-order valence-electron chi connectivity index (χ4n) is 1.71. The average molecular weight is 309 g/mol. The number of aliphatic carboxylic acids is 1. The molecule has 0 aliphatic carbocycles. The number of carbonyl (C=O) groups excluding carboxylic acids is 1. The van der Waals surface area contributed by atoms with Crippen molar-refractivity contribution >= 4 is 12.1 Å². The number of carboxylic acids is 1. The van der Waals surface area contributed by atoms with Crippen molar-refractivity contribution in [2.24, 2.45) is 0 Å². The number of benzene rings is 1. The fraction of sp³-hybridized carbons (Fsp3) is 0.500. The van der Waals surface area contributed by atoms with Crippen LogP contribution >= 0.6 is 0 Å².